The third kappa shape index (κ3) is 4.09. The number of benzene rings is 1. The molecule has 8 heteroatoms. The smallest absolute Gasteiger partial charge is 0.330 e. The average molecular weight is 533 g/mol. The van der Waals surface area contributed by atoms with Crippen molar-refractivity contribution in [2.75, 3.05) is 19.6 Å². The van der Waals surface area contributed by atoms with E-state index in [9.17, 15) is 19.5 Å². The minimum atomic E-state index is -0.519. The van der Waals surface area contributed by atoms with Crippen molar-refractivity contribution in [2.45, 2.75) is 69.9 Å². The number of amides is 1. The van der Waals surface area contributed by atoms with Crippen LogP contribution in [0.3, 0.4) is 0 Å². The van der Waals surface area contributed by atoms with E-state index < -0.39 is 11.2 Å². The highest BCUT2D eigenvalue weighted by Gasteiger charge is 2.55. The molecule has 0 radical (unpaired) electrons. The molecule has 8 nitrogen and oxygen atoms in total. The lowest BCUT2D eigenvalue weighted by Gasteiger charge is -2.52. The van der Waals surface area contributed by atoms with Crippen LogP contribution >= 0.6 is 0 Å². The number of hydrogen-bond acceptors (Lipinski definition) is 5. The number of carbonyl (C=O) groups excluding carboxylic acids is 1. The second-order valence-corrected chi connectivity index (χ2v) is 13.3. The molecule has 2 saturated carbocycles. The van der Waals surface area contributed by atoms with Crippen molar-refractivity contribution < 1.29 is 9.90 Å². The van der Waals surface area contributed by atoms with Crippen LogP contribution in [0.4, 0.5) is 0 Å². The van der Waals surface area contributed by atoms with E-state index in [4.69, 9.17) is 0 Å². The quantitative estimate of drug-likeness (QED) is 0.657. The van der Waals surface area contributed by atoms with Crippen molar-refractivity contribution in [2.24, 2.45) is 37.3 Å². The van der Waals surface area contributed by atoms with E-state index in [2.05, 4.69) is 11.0 Å². The summed E-state index contributed by atoms with van der Waals surface area (Å²) in [5.41, 5.74) is 1.95. The van der Waals surface area contributed by atoms with Gasteiger partial charge in [0.15, 0.2) is 0 Å². The summed E-state index contributed by atoms with van der Waals surface area (Å²) in [4.78, 5) is 44.0. The van der Waals surface area contributed by atoms with Crippen LogP contribution < -0.4 is 11.2 Å². The van der Waals surface area contributed by atoms with Crippen LogP contribution in [0, 0.1) is 23.2 Å². The first-order valence-electron chi connectivity index (χ1n) is 14.9. The second kappa shape index (κ2) is 9.08. The summed E-state index contributed by atoms with van der Waals surface area (Å²) < 4.78 is 2.36. The van der Waals surface area contributed by atoms with Crippen LogP contribution in [0.25, 0.3) is 0 Å². The second-order valence-electron chi connectivity index (χ2n) is 13.3. The standard InChI is InChI=1S/C31H40N4O4/c1-32-18-25(28(37)33(2)30(32)39)29(38)35-17-22-15-31-9-3-11-34(16-19-4-5-19)27(31)14-20-6-7-23(36)12-21(20)13-24(22)26(35)8-10-31/h6-7,12,18-19,22,24,26-27,36H,3-5,8-11,13-17H2,1-2H3/t22-,24?,26?,27?,31?/m1/s1. The number of phenolic OH excluding ortho intramolecular Hbond substituents is 1. The van der Waals surface area contributed by atoms with Crippen LogP contribution in [-0.4, -0.2) is 61.7 Å². The molecule has 2 aliphatic heterocycles. The van der Waals surface area contributed by atoms with Crippen LogP contribution in [-0.2, 0) is 26.9 Å². The molecule has 1 aromatic heterocycles. The van der Waals surface area contributed by atoms with Crippen molar-refractivity contribution in [3.05, 3.63) is 61.9 Å². The molecule has 1 N–H and O–H groups in total. The van der Waals surface area contributed by atoms with E-state index in [1.807, 2.05) is 17.0 Å². The first-order chi connectivity index (χ1) is 18.7. The van der Waals surface area contributed by atoms with Gasteiger partial charge in [-0.3, -0.25) is 19.1 Å². The minimum absolute atomic E-state index is 0.0524. The lowest BCUT2D eigenvalue weighted by Crippen LogP contribution is -2.55. The molecule has 4 fully saturated rings. The van der Waals surface area contributed by atoms with E-state index in [0.717, 1.165) is 42.6 Å². The summed E-state index contributed by atoms with van der Waals surface area (Å²) in [6.07, 6.45) is 11.7. The Balaban J connectivity index is 1.29. The number of aromatic nitrogens is 2. The number of fused-ring (bicyclic) bond motifs is 1. The molecule has 208 valence electrons. The van der Waals surface area contributed by atoms with E-state index in [1.165, 1.54) is 67.7 Å². The fourth-order valence-corrected chi connectivity index (χ4v) is 8.89. The maximum atomic E-state index is 14.0. The monoisotopic (exact) mass is 532 g/mol. The first-order valence-corrected chi connectivity index (χ1v) is 14.9. The van der Waals surface area contributed by atoms with Gasteiger partial charge in [-0.2, -0.15) is 0 Å². The lowest BCUT2D eigenvalue weighted by molar-refractivity contribution is -0.0160. The SMILES string of the molecule is Cn1cc(C(=O)N2C[C@H]3CC45CCCN(CC6CC6)C4Cc4ccc(O)cc4CC3C2CC5)c(=O)n(C)c1=O. The zero-order valence-electron chi connectivity index (χ0n) is 23.1. The Labute approximate surface area is 229 Å². The summed E-state index contributed by atoms with van der Waals surface area (Å²) in [5, 5.41) is 10.5. The predicted octanol–water partition coefficient (Wildman–Crippen LogP) is 2.69. The summed E-state index contributed by atoms with van der Waals surface area (Å²) in [5.74, 6) is 1.56. The highest BCUT2D eigenvalue weighted by molar-refractivity contribution is 5.94. The summed E-state index contributed by atoms with van der Waals surface area (Å²) >= 11 is 0. The first kappa shape index (κ1) is 25.1. The lowest BCUT2D eigenvalue weighted by atomic mass is 9.64. The Morgan fingerprint density at radius 2 is 1.90 bits per heavy atom. The van der Waals surface area contributed by atoms with Gasteiger partial charge in [-0.15, -0.1) is 0 Å². The normalized spacial score (nSPS) is 32.1. The number of aromatic hydroxyl groups is 1. The van der Waals surface area contributed by atoms with Crippen molar-refractivity contribution in [3.8, 4) is 5.75 Å². The number of nitrogens with zero attached hydrogens (tertiary/aromatic N) is 4. The van der Waals surface area contributed by atoms with Gasteiger partial charge in [-0.1, -0.05) is 6.07 Å². The van der Waals surface area contributed by atoms with Gasteiger partial charge in [0.2, 0.25) is 0 Å². The zero-order chi connectivity index (χ0) is 27.1. The van der Waals surface area contributed by atoms with Crippen LogP contribution in [0.15, 0.2) is 34.0 Å². The van der Waals surface area contributed by atoms with E-state index >= 15 is 0 Å². The number of rotatable bonds is 3. The Morgan fingerprint density at radius 1 is 1.08 bits per heavy atom. The van der Waals surface area contributed by atoms with Crippen LogP contribution in [0.5, 0.6) is 5.75 Å². The molecule has 5 aliphatic rings. The fraction of sp³-hybridized carbons (Fsp3) is 0.645. The van der Waals surface area contributed by atoms with Crippen molar-refractivity contribution >= 4 is 5.91 Å². The van der Waals surface area contributed by atoms with Gasteiger partial charge < -0.3 is 14.6 Å². The van der Waals surface area contributed by atoms with Crippen molar-refractivity contribution in [1.82, 2.24) is 18.9 Å². The van der Waals surface area contributed by atoms with Crippen LogP contribution in [0.1, 0.15) is 66.4 Å². The van der Waals surface area contributed by atoms with E-state index in [1.54, 1.807) is 7.05 Å². The van der Waals surface area contributed by atoms with Gasteiger partial charge in [0.05, 0.1) is 0 Å². The van der Waals surface area contributed by atoms with Gasteiger partial charge in [0.1, 0.15) is 11.3 Å². The molecule has 1 amide bonds. The van der Waals surface area contributed by atoms with Crippen molar-refractivity contribution in [3.63, 3.8) is 0 Å². The molecular formula is C31H40N4O4. The third-order valence-corrected chi connectivity index (χ3v) is 11.0. The van der Waals surface area contributed by atoms with E-state index in [0.29, 0.717) is 30.2 Å². The highest BCUT2D eigenvalue weighted by Crippen LogP contribution is 2.55. The number of carbonyl (C=O) groups is 1. The zero-order valence-corrected chi connectivity index (χ0v) is 23.1. The third-order valence-electron chi connectivity index (χ3n) is 11.0. The summed E-state index contributed by atoms with van der Waals surface area (Å²) in [6.45, 7) is 3.04. The molecule has 3 aliphatic carbocycles. The average Bonchev–Trinajstić information content (AvgIpc) is 3.68. The van der Waals surface area contributed by atoms with Gasteiger partial charge in [0.25, 0.3) is 11.5 Å². The molecule has 2 aromatic rings. The molecule has 4 bridgehead atoms. The Bertz CT molecular complexity index is 1440. The van der Waals surface area contributed by atoms with Gasteiger partial charge >= 0.3 is 5.69 Å². The number of hydrogen-bond donors (Lipinski definition) is 1. The summed E-state index contributed by atoms with van der Waals surface area (Å²) in [6, 6.07) is 6.49. The fourth-order valence-electron chi connectivity index (χ4n) is 8.89. The van der Waals surface area contributed by atoms with Crippen molar-refractivity contribution in [1.29, 1.82) is 0 Å². The number of phenols is 1. The van der Waals surface area contributed by atoms with Gasteiger partial charge in [-0.05, 0) is 111 Å². The largest absolute Gasteiger partial charge is 0.508 e. The molecule has 4 unspecified atom stereocenters. The number of likely N-dealkylation sites (tertiary alicyclic amines) is 2. The topological polar surface area (TPSA) is 87.8 Å². The molecule has 1 aromatic carbocycles. The minimum Gasteiger partial charge on any atom is -0.508 e. The molecular weight excluding hydrogens is 492 g/mol. The molecule has 1 spiro atoms. The Morgan fingerprint density at radius 3 is 2.69 bits per heavy atom. The Hall–Kier alpha value is -2.87. The maximum absolute atomic E-state index is 14.0. The molecule has 3 heterocycles. The molecule has 2 saturated heterocycles. The van der Waals surface area contributed by atoms with Crippen LogP contribution in [0.2, 0.25) is 0 Å². The van der Waals surface area contributed by atoms with Gasteiger partial charge in [-0.25, -0.2) is 4.79 Å². The molecule has 7 rings (SSSR count). The van der Waals surface area contributed by atoms with E-state index in [-0.39, 0.29) is 22.9 Å². The van der Waals surface area contributed by atoms with Gasteiger partial charge in [0, 0.05) is 45.5 Å². The Kier molecular flexibility index (Phi) is 5.85. The molecule has 39 heavy (non-hydrogen) atoms. The number of piperidine rings is 1. The molecule has 5 atom stereocenters. The number of aryl methyl sites for hydroxylation is 1. The predicted molar refractivity (Wildman–Crippen MR) is 148 cm³/mol. The highest BCUT2D eigenvalue weighted by atomic mass is 16.3. The summed E-state index contributed by atoms with van der Waals surface area (Å²) in [7, 11) is 3.03. The maximum Gasteiger partial charge on any atom is 0.330 e.